The normalized spacial score (nSPS) is 15.9. The van der Waals surface area contributed by atoms with Gasteiger partial charge in [0.2, 0.25) is 11.8 Å². The number of rotatable bonds is 7. The van der Waals surface area contributed by atoms with Crippen LogP contribution in [0, 0.1) is 0 Å². The van der Waals surface area contributed by atoms with E-state index >= 15 is 0 Å². The number of thioether (sulfide) groups is 1. The second kappa shape index (κ2) is 9.76. The number of imidazole rings is 1. The SMILES string of the molecule is COc1cc(OC)cc(C(NC(=O)CC2Sc3ccc(Cl)cc3NC2=O)c2nccn2C)c1. The highest BCUT2D eigenvalue weighted by molar-refractivity contribution is 8.01. The van der Waals surface area contributed by atoms with E-state index in [4.69, 9.17) is 21.1 Å². The lowest BCUT2D eigenvalue weighted by atomic mass is 10.0. The fraction of sp³-hybridized carbons (Fsp3) is 0.261. The van der Waals surface area contributed by atoms with Crippen LogP contribution in [0.3, 0.4) is 0 Å². The molecule has 0 saturated carbocycles. The molecule has 0 radical (unpaired) electrons. The van der Waals surface area contributed by atoms with Gasteiger partial charge in [0, 0.05) is 41.8 Å². The van der Waals surface area contributed by atoms with E-state index in [1.54, 1.807) is 44.8 Å². The Labute approximate surface area is 200 Å². The van der Waals surface area contributed by atoms with Crippen molar-refractivity contribution in [2.24, 2.45) is 7.05 Å². The molecule has 8 nitrogen and oxygen atoms in total. The van der Waals surface area contributed by atoms with Gasteiger partial charge in [-0.25, -0.2) is 4.98 Å². The predicted molar refractivity (Wildman–Crippen MR) is 127 cm³/mol. The number of carbonyl (C=O) groups is 2. The number of benzene rings is 2. The lowest BCUT2D eigenvalue weighted by Crippen LogP contribution is -2.37. The molecule has 10 heteroatoms. The monoisotopic (exact) mass is 486 g/mol. The van der Waals surface area contributed by atoms with Crippen LogP contribution in [0.2, 0.25) is 5.02 Å². The van der Waals surface area contributed by atoms with Gasteiger partial charge in [-0.1, -0.05) is 11.6 Å². The zero-order valence-electron chi connectivity index (χ0n) is 18.3. The highest BCUT2D eigenvalue weighted by Crippen LogP contribution is 2.38. The van der Waals surface area contributed by atoms with E-state index in [9.17, 15) is 9.59 Å². The van der Waals surface area contributed by atoms with Crippen LogP contribution >= 0.6 is 23.4 Å². The van der Waals surface area contributed by atoms with Crippen molar-refractivity contribution in [3.63, 3.8) is 0 Å². The zero-order chi connectivity index (χ0) is 23.5. The van der Waals surface area contributed by atoms with Crippen LogP contribution in [0.1, 0.15) is 23.9 Å². The summed E-state index contributed by atoms with van der Waals surface area (Å²) in [6.07, 6.45) is 3.47. The lowest BCUT2D eigenvalue weighted by molar-refractivity contribution is -0.124. The summed E-state index contributed by atoms with van der Waals surface area (Å²) in [6, 6.07) is 10.1. The van der Waals surface area contributed by atoms with Gasteiger partial charge in [0.15, 0.2) is 0 Å². The third-order valence-electron chi connectivity index (χ3n) is 5.26. The van der Waals surface area contributed by atoms with E-state index in [0.717, 1.165) is 10.5 Å². The van der Waals surface area contributed by atoms with Gasteiger partial charge in [-0.05, 0) is 35.9 Å². The lowest BCUT2D eigenvalue weighted by Gasteiger charge is -2.25. The topological polar surface area (TPSA) is 94.5 Å². The average molecular weight is 487 g/mol. The molecule has 4 rings (SSSR count). The minimum atomic E-state index is -0.569. The standard InChI is InChI=1S/C23H23ClN4O4S/c1-28-7-6-25-22(28)21(13-8-15(31-2)11-16(9-13)32-3)27-20(29)12-19-23(30)26-17-10-14(24)4-5-18(17)33-19/h4-11,19,21H,12H2,1-3H3,(H,26,30)(H,27,29). The molecule has 0 fully saturated rings. The summed E-state index contributed by atoms with van der Waals surface area (Å²) in [4.78, 5) is 31.0. The zero-order valence-corrected chi connectivity index (χ0v) is 19.9. The van der Waals surface area contributed by atoms with E-state index in [-0.39, 0.29) is 18.2 Å². The van der Waals surface area contributed by atoms with Gasteiger partial charge < -0.3 is 24.7 Å². The Balaban J connectivity index is 1.57. The number of amides is 2. The first-order chi connectivity index (χ1) is 15.9. The fourth-order valence-electron chi connectivity index (χ4n) is 3.59. The van der Waals surface area contributed by atoms with E-state index < -0.39 is 11.3 Å². The van der Waals surface area contributed by atoms with E-state index in [2.05, 4.69) is 15.6 Å². The van der Waals surface area contributed by atoms with Gasteiger partial charge in [0.05, 0.1) is 25.2 Å². The summed E-state index contributed by atoms with van der Waals surface area (Å²) in [6.45, 7) is 0. The van der Waals surface area contributed by atoms with Crippen LogP contribution in [-0.4, -0.2) is 40.8 Å². The summed E-state index contributed by atoms with van der Waals surface area (Å²) >= 11 is 7.36. The van der Waals surface area contributed by atoms with Gasteiger partial charge in [0.1, 0.15) is 23.4 Å². The Hall–Kier alpha value is -3.17. The fourth-order valence-corrected chi connectivity index (χ4v) is 4.86. The van der Waals surface area contributed by atoms with Gasteiger partial charge in [-0.15, -0.1) is 11.8 Å². The molecule has 0 spiro atoms. The van der Waals surface area contributed by atoms with Crippen LogP contribution in [0.5, 0.6) is 11.5 Å². The molecule has 2 unspecified atom stereocenters. The number of ether oxygens (including phenoxy) is 2. The maximum absolute atomic E-state index is 13.1. The number of carbonyl (C=O) groups excluding carboxylic acids is 2. The molecule has 2 amide bonds. The highest BCUT2D eigenvalue weighted by atomic mass is 35.5. The number of aromatic nitrogens is 2. The second-order valence-electron chi connectivity index (χ2n) is 7.48. The van der Waals surface area contributed by atoms with Crippen molar-refractivity contribution >= 4 is 40.9 Å². The van der Waals surface area contributed by atoms with E-state index in [1.807, 2.05) is 29.8 Å². The Morgan fingerprint density at radius 3 is 2.61 bits per heavy atom. The summed E-state index contributed by atoms with van der Waals surface area (Å²) in [5, 5.41) is 5.84. The van der Waals surface area contributed by atoms with Gasteiger partial charge in [0.25, 0.3) is 0 Å². The molecule has 2 heterocycles. The summed E-state index contributed by atoms with van der Waals surface area (Å²) in [5.74, 6) is 1.31. The molecule has 0 aliphatic carbocycles. The first kappa shape index (κ1) is 23.0. The Morgan fingerprint density at radius 1 is 1.24 bits per heavy atom. The molecule has 3 aromatic rings. The Morgan fingerprint density at radius 2 is 1.97 bits per heavy atom. The number of nitrogens with zero attached hydrogens (tertiary/aromatic N) is 2. The molecule has 1 aromatic heterocycles. The largest absolute Gasteiger partial charge is 0.497 e. The molecular weight excluding hydrogens is 464 g/mol. The number of hydrogen-bond acceptors (Lipinski definition) is 6. The number of aryl methyl sites for hydroxylation is 1. The van der Waals surface area contributed by atoms with Crippen LogP contribution < -0.4 is 20.1 Å². The molecular formula is C23H23ClN4O4S. The van der Waals surface area contributed by atoms with Crippen LogP contribution in [-0.2, 0) is 16.6 Å². The van der Waals surface area contributed by atoms with Crippen molar-refractivity contribution in [3.05, 3.63) is 65.2 Å². The number of nitrogens with one attached hydrogen (secondary N) is 2. The van der Waals surface area contributed by atoms with Crippen molar-refractivity contribution in [2.45, 2.75) is 22.6 Å². The maximum Gasteiger partial charge on any atom is 0.238 e. The summed E-state index contributed by atoms with van der Waals surface area (Å²) in [7, 11) is 4.99. The number of anilines is 1. The molecule has 0 saturated heterocycles. The molecule has 1 aliphatic heterocycles. The molecule has 2 N–H and O–H groups in total. The smallest absolute Gasteiger partial charge is 0.238 e. The van der Waals surface area contributed by atoms with Crippen LogP contribution in [0.25, 0.3) is 0 Å². The molecule has 1 aliphatic rings. The molecule has 0 bridgehead atoms. The predicted octanol–water partition coefficient (Wildman–Crippen LogP) is 3.80. The minimum absolute atomic E-state index is 0.000588. The average Bonchev–Trinajstić information content (AvgIpc) is 3.23. The van der Waals surface area contributed by atoms with Crippen LogP contribution in [0.4, 0.5) is 5.69 Å². The van der Waals surface area contributed by atoms with Crippen LogP contribution in [0.15, 0.2) is 53.7 Å². The molecule has 33 heavy (non-hydrogen) atoms. The maximum atomic E-state index is 13.1. The Bertz CT molecular complexity index is 1180. The number of hydrogen-bond donors (Lipinski definition) is 2. The van der Waals surface area contributed by atoms with Crippen molar-refractivity contribution in [2.75, 3.05) is 19.5 Å². The van der Waals surface area contributed by atoms with E-state index in [1.165, 1.54) is 11.8 Å². The number of halogens is 1. The summed E-state index contributed by atoms with van der Waals surface area (Å²) < 4.78 is 12.6. The van der Waals surface area contributed by atoms with Crippen molar-refractivity contribution in [1.82, 2.24) is 14.9 Å². The third-order valence-corrected chi connectivity index (χ3v) is 6.77. The second-order valence-corrected chi connectivity index (χ2v) is 9.16. The highest BCUT2D eigenvalue weighted by Gasteiger charge is 2.31. The third kappa shape index (κ3) is 5.09. The van der Waals surface area contributed by atoms with Gasteiger partial charge in [-0.2, -0.15) is 0 Å². The summed E-state index contributed by atoms with van der Waals surface area (Å²) in [5.41, 5.74) is 1.40. The van der Waals surface area contributed by atoms with Crippen molar-refractivity contribution in [1.29, 1.82) is 0 Å². The first-order valence-corrected chi connectivity index (χ1v) is 11.4. The van der Waals surface area contributed by atoms with Gasteiger partial charge >= 0.3 is 0 Å². The van der Waals surface area contributed by atoms with Crippen molar-refractivity contribution < 1.29 is 19.1 Å². The Kier molecular flexibility index (Phi) is 6.80. The molecule has 172 valence electrons. The molecule has 2 atom stereocenters. The quantitative estimate of drug-likeness (QED) is 0.527. The molecule has 2 aromatic carbocycles. The van der Waals surface area contributed by atoms with Gasteiger partial charge in [-0.3, -0.25) is 9.59 Å². The minimum Gasteiger partial charge on any atom is -0.497 e. The number of methoxy groups -OCH3 is 2. The first-order valence-electron chi connectivity index (χ1n) is 10.1. The van der Waals surface area contributed by atoms with Crippen molar-refractivity contribution in [3.8, 4) is 11.5 Å². The van der Waals surface area contributed by atoms with E-state index in [0.29, 0.717) is 28.0 Å². The number of fused-ring (bicyclic) bond motifs is 1.